The maximum Gasteiger partial charge on any atom is 0.457 e. The number of hydrogen-bond acceptors (Lipinski definition) is 8. The van der Waals surface area contributed by atoms with E-state index < -0.39 is 25.8 Å². The lowest BCUT2D eigenvalue weighted by molar-refractivity contribution is -0.0697. The molecule has 2 aromatic heterocycles. The van der Waals surface area contributed by atoms with Gasteiger partial charge in [-0.05, 0) is 19.8 Å². The van der Waals surface area contributed by atoms with E-state index in [-0.39, 0.29) is 12.4 Å². The predicted molar refractivity (Wildman–Crippen MR) is 162 cm³/mol. The Morgan fingerprint density at radius 1 is 0.930 bits per heavy atom. The largest absolute Gasteiger partial charge is 0.457 e. The van der Waals surface area contributed by atoms with Gasteiger partial charge in [0.05, 0.1) is 25.6 Å². The maximum atomic E-state index is 12.5. The van der Waals surface area contributed by atoms with Crippen molar-refractivity contribution >= 4 is 24.6 Å². The summed E-state index contributed by atoms with van der Waals surface area (Å²) in [5.41, 5.74) is 12.7. The van der Waals surface area contributed by atoms with Gasteiger partial charge in [0.25, 0.3) is 0 Å². The summed E-state index contributed by atoms with van der Waals surface area (Å²) in [4.78, 5) is 22.5. The van der Waals surface area contributed by atoms with Crippen molar-refractivity contribution in [3.05, 3.63) is 12.7 Å². The number of ether oxygens (including phenoxy) is 1. The second kappa shape index (κ2) is 19.9. The van der Waals surface area contributed by atoms with Crippen molar-refractivity contribution < 1.29 is 31.9 Å². The second-order valence-corrected chi connectivity index (χ2v) is 12.8. The minimum atomic E-state index is -4.37. The summed E-state index contributed by atoms with van der Waals surface area (Å²) in [5, 5.41) is 0. The average molecular weight is 633 g/mol. The highest BCUT2D eigenvalue weighted by molar-refractivity contribution is 7.53. The molecule has 0 saturated carbocycles. The molecule has 3 atom stereocenters. The molecule has 2 aromatic rings. The molecule has 0 aliphatic carbocycles. The van der Waals surface area contributed by atoms with Gasteiger partial charge in [0.2, 0.25) is 5.97 Å². The quantitative estimate of drug-likeness (QED) is 0.0506. The molecule has 0 bridgehead atoms. The van der Waals surface area contributed by atoms with E-state index in [1.807, 2.05) is 0 Å². The van der Waals surface area contributed by atoms with Gasteiger partial charge in [0, 0.05) is 12.3 Å². The summed E-state index contributed by atoms with van der Waals surface area (Å²) < 4.78 is 60.8. The van der Waals surface area contributed by atoms with Crippen LogP contribution in [0.4, 0.5) is 19.0 Å². The molecule has 0 saturated heterocycles. The number of rotatable bonds is 23. The average Bonchev–Trinajstić information content (AvgIpc) is 3.35. The zero-order valence-corrected chi connectivity index (χ0v) is 26.1. The van der Waals surface area contributed by atoms with Gasteiger partial charge in [-0.15, -0.1) is 0 Å². The van der Waals surface area contributed by atoms with Crippen molar-refractivity contribution in [1.29, 1.82) is 0 Å². The van der Waals surface area contributed by atoms with E-state index in [0.717, 1.165) is 44.9 Å². The molecule has 0 aliphatic heterocycles. The lowest BCUT2D eigenvalue weighted by Crippen LogP contribution is -2.31. The molecule has 14 heteroatoms. The molecule has 0 aliphatic rings. The first-order valence-corrected chi connectivity index (χ1v) is 17.0. The van der Waals surface area contributed by atoms with Crippen LogP contribution in [0.1, 0.15) is 110 Å². The third-order valence-electron chi connectivity index (χ3n) is 7.03. The Morgan fingerprint density at radius 3 is 2.02 bits per heavy atom. The molecule has 0 aromatic carbocycles. The zero-order valence-electron chi connectivity index (χ0n) is 25.2. The fraction of sp³-hybridized carbons (Fsp3) is 0.759. The van der Waals surface area contributed by atoms with Gasteiger partial charge in [0.1, 0.15) is 11.8 Å². The lowest BCUT2D eigenvalue weighted by atomic mass is 10.0. The number of fused-ring (bicyclic) bond motifs is 1. The van der Waals surface area contributed by atoms with Gasteiger partial charge in [-0.1, -0.05) is 89.4 Å². The van der Waals surface area contributed by atoms with Crippen molar-refractivity contribution in [2.75, 3.05) is 12.3 Å². The Balaban J connectivity index is 1.40. The van der Waals surface area contributed by atoms with Crippen LogP contribution in [0, 0.1) is 11.8 Å². The number of alkyl halides is 3. The fourth-order valence-corrected chi connectivity index (χ4v) is 5.61. The van der Waals surface area contributed by atoms with Crippen LogP contribution in [0.25, 0.3) is 11.2 Å². The van der Waals surface area contributed by atoms with Crippen LogP contribution in [0.2, 0.25) is 0 Å². The Bertz CT molecular complexity index is 1170. The van der Waals surface area contributed by atoms with E-state index in [1.54, 1.807) is 17.8 Å². The molecule has 0 radical (unpaired) electrons. The van der Waals surface area contributed by atoms with Crippen molar-refractivity contribution in [3.63, 3.8) is 0 Å². The van der Waals surface area contributed by atoms with E-state index in [2.05, 4.69) is 20.9 Å². The normalized spacial score (nSPS) is 14.7. The van der Waals surface area contributed by atoms with Gasteiger partial charge < -0.3 is 24.5 Å². The van der Waals surface area contributed by atoms with Gasteiger partial charge in [0.15, 0.2) is 11.5 Å². The van der Waals surface area contributed by atoms with Crippen LogP contribution >= 0.6 is 7.60 Å². The number of aromatic nitrogens is 4. The summed E-state index contributed by atoms with van der Waals surface area (Å²) in [7, 11) is -4.13. The molecule has 5 N–H and O–H groups in total. The van der Waals surface area contributed by atoms with E-state index in [4.69, 9.17) is 20.7 Å². The first-order valence-electron chi connectivity index (χ1n) is 15.4. The molecular weight excluding hydrogens is 584 g/mol. The smallest absolute Gasteiger partial charge is 0.382 e. The van der Waals surface area contributed by atoms with E-state index in [9.17, 15) is 22.6 Å². The standard InChI is InChI=1S/C29H48F3N6O4P/c1-24(21-38-23-37-25-26(33)35-22-36-27(25)38)42-28(34)43(39,40)41-20-18-16-14-12-10-8-6-4-2-3-5-7-9-11-13-15-17-19-29(30,31)32/h22-24,28H,2-16,18,20-21,34H2,1H3,(H,39,40)(H2,33,35,36)/t24-,28?/m1/s1. The minimum absolute atomic E-state index is 0.147. The van der Waals surface area contributed by atoms with Crippen molar-refractivity contribution in [3.8, 4) is 11.8 Å². The maximum absolute atomic E-state index is 12.5. The van der Waals surface area contributed by atoms with Gasteiger partial charge in [-0.25, -0.2) is 15.0 Å². The Hall–Kier alpha value is -2.23. The summed E-state index contributed by atoms with van der Waals surface area (Å²) in [5.74, 6) is 2.31. The highest BCUT2D eigenvalue weighted by Crippen LogP contribution is 2.46. The number of hydrogen-bond donors (Lipinski definition) is 3. The Labute approximate surface area is 253 Å². The van der Waals surface area contributed by atoms with Gasteiger partial charge >= 0.3 is 13.8 Å². The molecule has 10 nitrogen and oxygen atoms in total. The monoisotopic (exact) mass is 632 g/mol. The number of anilines is 1. The number of nitrogens with zero attached hydrogens (tertiary/aromatic N) is 4. The van der Waals surface area contributed by atoms with Crippen molar-refractivity contribution in [2.45, 2.75) is 134 Å². The second-order valence-electron chi connectivity index (χ2n) is 10.9. The van der Waals surface area contributed by atoms with Crippen LogP contribution in [0.3, 0.4) is 0 Å². The number of halogens is 3. The Morgan fingerprint density at radius 2 is 1.47 bits per heavy atom. The van der Waals surface area contributed by atoms with E-state index >= 15 is 0 Å². The highest BCUT2D eigenvalue weighted by Gasteiger charge is 2.31. The van der Waals surface area contributed by atoms with Crippen molar-refractivity contribution in [1.82, 2.24) is 19.5 Å². The lowest BCUT2D eigenvalue weighted by Gasteiger charge is -2.23. The van der Waals surface area contributed by atoms with Gasteiger partial charge in [-0.3, -0.25) is 10.3 Å². The third kappa shape index (κ3) is 15.9. The summed E-state index contributed by atoms with van der Waals surface area (Å²) in [6.07, 6.45) is 14.5. The molecule has 244 valence electrons. The molecule has 0 amide bonds. The molecule has 2 rings (SSSR count). The summed E-state index contributed by atoms with van der Waals surface area (Å²) in [6.45, 7) is 2.18. The number of nitrogen functional groups attached to an aromatic ring is 1. The zero-order chi connectivity index (χ0) is 31.6. The summed E-state index contributed by atoms with van der Waals surface area (Å²) in [6, 6.07) is 0. The summed E-state index contributed by atoms with van der Waals surface area (Å²) >= 11 is 0. The molecule has 0 fully saturated rings. The number of imidazole rings is 1. The van der Waals surface area contributed by atoms with Crippen LogP contribution < -0.4 is 11.5 Å². The van der Waals surface area contributed by atoms with Crippen molar-refractivity contribution in [2.24, 2.45) is 5.73 Å². The first-order chi connectivity index (χ1) is 20.5. The molecule has 43 heavy (non-hydrogen) atoms. The molecule has 0 spiro atoms. The first kappa shape index (κ1) is 37.0. The highest BCUT2D eigenvalue weighted by atomic mass is 31.2. The van der Waals surface area contributed by atoms with Crippen LogP contribution in [0.5, 0.6) is 0 Å². The minimum Gasteiger partial charge on any atom is -0.382 e. The van der Waals surface area contributed by atoms with E-state index in [0.29, 0.717) is 30.6 Å². The van der Waals surface area contributed by atoms with Crippen LogP contribution in [0.15, 0.2) is 12.7 Å². The predicted octanol–water partition coefficient (Wildman–Crippen LogP) is 7.07. The Kier molecular flexibility index (Phi) is 17.1. The molecular formula is C29H48F3N6O4P. The number of unbranched alkanes of at least 4 members (excludes halogenated alkanes) is 15. The van der Waals surface area contributed by atoms with Gasteiger partial charge in [-0.2, -0.15) is 13.2 Å². The molecule has 2 unspecified atom stereocenters. The molecule has 2 heterocycles. The van der Waals surface area contributed by atoms with Crippen LogP contribution in [-0.4, -0.2) is 49.3 Å². The fourth-order valence-electron chi connectivity index (χ4n) is 4.71. The van der Waals surface area contributed by atoms with Crippen LogP contribution in [-0.2, 0) is 20.4 Å². The topological polar surface area (TPSA) is 151 Å². The third-order valence-corrected chi connectivity index (χ3v) is 8.35. The van der Waals surface area contributed by atoms with E-state index in [1.165, 1.54) is 57.2 Å². The number of nitrogens with two attached hydrogens (primary N) is 2. The SMILES string of the molecule is C[C@H](Cn1cnc2c(N)ncnc21)OC(N)P(=O)(O)OCCCCCCCCCCCCCCCCCC#CC(F)(F)F.